The van der Waals surface area contributed by atoms with Crippen molar-refractivity contribution in [2.24, 2.45) is 0 Å². The van der Waals surface area contributed by atoms with Gasteiger partial charge in [-0.05, 0) is 43.3 Å². The monoisotopic (exact) mass is 462 g/mol. The van der Waals surface area contributed by atoms with E-state index >= 15 is 0 Å². The summed E-state index contributed by atoms with van der Waals surface area (Å²) in [5, 5.41) is 0. The highest BCUT2D eigenvalue weighted by Gasteiger charge is 2.26. The third kappa shape index (κ3) is 6.06. The molecule has 0 N–H and O–H groups in total. The van der Waals surface area contributed by atoms with Crippen molar-refractivity contribution in [1.82, 2.24) is 4.31 Å². The summed E-state index contributed by atoms with van der Waals surface area (Å²) in [5.74, 6) is -0.625. The van der Waals surface area contributed by atoms with Crippen molar-refractivity contribution in [2.45, 2.75) is 11.8 Å². The van der Waals surface area contributed by atoms with E-state index < -0.39 is 21.9 Å². The predicted molar refractivity (Wildman–Crippen MR) is 117 cm³/mol. The van der Waals surface area contributed by atoms with E-state index in [1.165, 1.54) is 33.5 Å². The number of carbonyl (C=O) groups is 2. The second kappa shape index (κ2) is 11.1. The van der Waals surface area contributed by atoms with Gasteiger partial charge in [0.15, 0.2) is 6.61 Å². The van der Waals surface area contributed by atoms with Crippen molar-refractivity contribution >= 4 is 27.6 Å². The molecule has 0 aliphatic carbocycles. The topological polar surface area (TPSA) is 102 Å². The van der Waals surface area contributed by atoms with Crippen molar-refractivity contribution in [1.29, 1.82) is 0 Å². The summed E-state index contributed by atoms with van der Waals surface area (Å²) in [4.78, 5) is 26.1. The van der Waals surface area contributed by atoms with Crippen LogP contribution < -0.4 is 9.64 Å². The Labute approximate surface area is 187 Å². The molecule has 1 fully saturated rings. The Kier molecular flexibility index (Phi) is 8.20. The highest BCUT2D eigenvalue weighted by Crippen LogP contribution is 2.21. The molecule has 3 rings (SSSR count). The molecule has 32 heavy (non-hydrogen) atoms. The number of para-hydroxylation sites is 1. The van der Waals surface area contributed by atoms with Gasteiger partial charge in [0.25, 0.3) is 5.91 Å². The van der Waals surface area contributed by atoms with Gasteiger partial charge in [0.1, 0.15) is 12.3 Å². The fraction of sp³-hybridized carbons (Fsp3) is 0.364. The molecule has 10 heteroatoms. The van der Waals surface area contributed by atoms with Gasteiger partial charge in [0.2, 0.25) is 10.0 Å². The zero-order chi connectivity index (χ0) is 23.0. The SMILES string of the molecule is CCOC(=O)CN(C(=O)COc1ccc(S(=O)(=O)N2CCOCC2)cc1)c1ccccc1. The minimum atomic E-state index is -3.61. The first-order valence-corrected chi connectivity index (χ1v) is 11.7. The number of hydrogen-bond donors (Lipinski definition) is 0. The van der Waals surface area contributed by atoms with Crippen LogP contribution in [0.25, 0.3) is 0 Å². The lowest BCUT2D eigenvalue weighted by Gasteiger charge is -2.26. The maximum Gasteiger partial charge on any atom is 0.326 e. The Morgan fingerprint density at radius 1 is 1.03 bits per heavy atom. The van der Waals surface area contributed by atoms with E-state index in [1.54, 1.807) is 37.3 Å². The lowest BCUT2D eigenvalue weighted by Crippen LogP contribution is -2.40. The van der Waals surface area contributed by atoms with Gasteiger partial charge in [-0.1, -0.05) is 18.2 Å². The minimum Gasteiger partial charge on any atom is -0.484 e. The quantitative estimate of drug-likeness (QED) is 0.523. The molecule has 0 atom stereocenters. The highest BCUT2D eigenvalue weighted by molar-refractivity contribution is 7.89. The van der Waals surface area contributed by atoms with Gasteiger partial charge in [-0.25, -0.2) is 8.42 Å². The molecular formula is C22H26N2O7S. The average Bonchev–Trinajstić information content (AvgIpc) is 2.82. The van der Waals surface area contributed by atoms with Crippen LogP contribution in [0.2, 0.25) is 0 Å². The number of hydrogen-bond acceptors (Lipinski definition) is 7. The van der Waals surface area contributed by atoms with Crippen LogP contribution in [0.5, 0.6) is 5.75 Å². The van der Waals surface area contributed by atoms with Crippen LogP contribution in [0.1, 0.15) is 6.92 Å². The Morgan fingerprint density at radius 2 is 1.69 bits per heavy atom. The molecule has 0 spiro atoms. The van der Waals surface area contributed by atoms with Gasteiger partial charge in [-0.15, -0.1) is 0 Å². The number of amides is 1. The maximum atomic E-state index is 12.8. The number of rotatable bonds is 9. The standard InChI is InChI=1S/C22H26N2O7S/c1-2-30-22(26)16-24(18-6-4-3-5-7-18)21(25)17-31-19-8-10-20(11-9-19)32(27,28)23-12-14-29-15-13-23/h3-11H,2,12-17H2,1H3. The smallest absolute Gasteiger partial charge is 0.326 e. The normalized spacial score (nSPS) is 14.5. The van der Waals surface area contributed by atoms with Crippen LogP contribution in [0, 0.1) is 0 Å². The first kappa shape index (κ1) is 23.7. The molecule has 0 aromatic heterocycles. The van der Waals surface area contributed by atoms with E-state index in [0.29, 0.717) is 37.7 Å². The summed E-state index contributed by atoms with van der Waals surface area (Å²) in [7, 11) is -3.61. The summed E-state index contributed by atoms with van der Waals surface area (Å²) >= 11 is 0. The Hall–Kier alpha value is -2.95. The van der Waals surface area contributed by atoms with Crippen LogP contribution >= 0.6 is 0 Å². The molecule has 1 heterocycles. The van der Waals surface area contributed by atoms with Crippen molar-refractivity contribution in [3.8, 4) is 5.75 Å². The molecule has 2 aromatic rings. The second-order valence-corrected chi connectivity index (χ2v) is 8.83. The van der Waals surface area contributed by atoms with Crippen LogP contribution in [0.3, 0.4) is 0 Å². The molecule has 0 bridgehead atoms. The molecule has 0 saturated carbocycles. The van der Waals surface area contributed by atoms with Gasteiger partial charge in [0, 0.05) is 18.8 Å². The molecule has 1 aliphatic heterocycles. The highest BCUT2D eigenvalue weighted by atomic mass is 32.2. The van der Waals surface area contributed by atoms with Crippen molar-refractivity contribution in [3.63, 3.8) is 0 Å². The predicted octanol–water partition coefficient (Wildman–Crippen LogP) is 1.68. The molecule has 2 aromatic carbocycles. The van der Waals surface area contributed by atoms with E-state index in [0.717, 1.165) is 0 Å². The zero-order valence-corrected chi connectivity index (χ0v) is 18.6. The average molecular weight is 463 g/mol. The van der Waals surface area contributed by atoms with E-state index in [1.807, 2.05) is 0 Å². The number of morpholine rings is 1. The van der Waals surface area contributed by atoms with Crippen molar-refractivity contribution in [3.05, 3.63) is 54.6 Å². The van der Waals surface area contributed by atoms with E-state index in [-0.39, 0.29) is 24.7 Å². The summed E-state index contributed by atoms with van der Waals surface area (Å²) < 4.78 is 42.5. The Bertz CT molecular complexity index is 1000. The maximum absolute atomic E-state index is 12.8. The lowest BCUT2D eigenvalue weighted by atomic mass is 10.3. The third-order valence-electron chi connectivity index (χ3n) is 4.76. The largest absolute Gasteiger partial charge is 0.484 e. The molecule has 1 aliphatic rings. The van der Waals surface area contributed by atoms with E-state index in [4.69, 9.17) is 14.2 Å². The number of anilines is 1. The molecular weight excluding hydrogens is 436 g/mol. The van der Waals surface area contributed by atoms with Gasteiger partial charge < -0.3 is 14.2 Å². The fourth-order valence-corrected chi connectivity index (χ4v) is 4.54. The van der Waals surface area contributed by atoms with Gasteiger partial charge in [-0.3, -0.25) is 14.5 Å². The van der Waals surface area contributed by atoms with Crippen LogP contribution in [0.4, 0.5) is 5.69 Å². The number of benzene rings is 2. The lowest BCUT2D eigenvalue weighted by molar-refractivity contribution is -0.142. The summed E-state index contributed by atoms with van der Waals surface area (Å²) in [6.45, 7) is 2.69. The number of esters is 1. The number of sulfonamides is 1. The molecule has 172 valence electrons. The van der Waals surface area contributed by atoms with Gasteiger partial charge in [0.05, 0.1) is 24.7 Å². The van der Waals surface area contributed by atoms with E-state index in [9.17, 15) is 18.0 Å². The Balaban J connectivity index is 1.65. The van der Waals surface area contributed by atoms with Crippen molar-refractivity contribution < 1.29 is 32.2 Å². The number of carbonyl (C=O) groups excluding carboxylic acids is 2. The van der Waals surface area contributed by atoms with Crippen LogP contribution in [-0.2, 0) is 29.1 Å². The zero-order valence-electron chi connectivity index (χ0n) is 17.8. The minimum absolute atomic E-state index is 0.145. The third-order valence-corrected chi connectivity index (χ3v) is 6.67. The summed E-state index contributed by atoms with van der Waals surface area (Å²) in [6, 6.07) is 14.6. The summed E-state index contributed by atoms with van der Waals surface area (Å²) in [5.41, 5.74) is 0.543. The van der Waals surface area contributed by atoms with E-state index in [2.05, 4.69) is 0 Å². The first-order chi connectivity index (χ1) is 15.4. The molecule has 1 saturated heterocycles. The number of ether oxygens (including phenoxy) is 3. The van der Waals surface area contributed by atoms with Crippen LogP contribution in [0.15, 0.2) is 59.5 Å². The van der Waals surface area contributed by atoms with Gasteiger partial charge >= 0.3 is 5.97 Å². The molecule has 0 unspecified atom stereocenters. The second-order valence-electron chi connectivity index (χ2n) is 6.90. The Morgan fingerprint density at radius 3 is 2.31 bits per heavy atom. The van der Waals surface area contributed by atoms with Crippen LogP contribution in [-0.4, -0.2) is 70.7 Å². The molecule has 9 nitrogen and oxygen atoms in total. The summed E-state index contributed by atoms with van der Waals surface area (Å²) in [6.07, 6.45) is 0. The molecule has 0 radical (unpaired) electrons. The fourth-order valence-electron chi connectivity index (χ4n) is 3.13. The molecule has 1 amide bonds. The van der Waals surface area contributed by atoms with Gasteiger partial charge in [-0.2, -0.15) is 4.31 Å². The number of nitrogens with zero attached hydrogens (tertiary/aromatic N) is 2. The first-order valence-electron chi connectivity index (χ1n) is 10.2. The van der Waals surface area contributed by atoms with Crippen molar-refractivity contribution in [2.75, 3.05) is 51.0 Å².